The van der Waals surface area contributed by atoms with Gasteiger partial charge in [-0.25, -0.2) is 0 Å². The first-order valence-electron chi connectivity index (χ1n) is 7.60. The first-order valence-corrected chi connectivity index (χ1v) is 7.60. The van der Waals surface area contributed by atoms with Gasteiger partial charge in [0.2, 0.25) is 5.91 Å². The van der Waals surface area contributed by atoms with Gasteiger partial charge in [0.15, 0.2) is 0 Å². The van der Waals surface area contributed by atoms with Gasteiger partial charge in [-0.1, -0.05) is 6.92 Å². The van der Waals surface area contributed by atoms with Crippen molar-refractivity contribution >= 4 is 5.91 Å². The molecule has 2 atom stereocenters. The molecular weight excluding hydrogens is 238 g/mol. The van der Waals surface area contributed by atoms with E-state index in [0.717, 1.165) is 49.8 Å². The van der Waals surface area contributed by atoms with Crippen molar-refractivity contribution in [2.24, 2.45) is 5.92 Å². The van der Waals surface area contributed by atoms with Crippen molar-refractivity contribution in [3.05, 3.63) is 23.7 Å². The van der Waals surface area contributed by atoms with Gasteiger partial charge in [0.05, 0.1) is 0 Å². The molecule has 2 heterocycles. The van der Waals surface area contributed by atoms with E-state index in [-0.39, 0.29) is 5.91 Å². The molecule has 1 amide bonds. The van der Waals surface area contributed by atoms with E-state index >= 15 is 0 Å². The fourth-order valence-electron chi connectivity index (χ4n) is 2.98. The van der Waals surface area contributed by atoms with Crippen LogP contribution in [0.2, 0.25) is 0 Å². The normalized spacial score (nSPS) is 26.5. The number of hydrogen-bond acceptors (Lipinski definition) is 2. The molecule has 0 aromatic carbocycles. The Morgan fingerprint density at radius 3 is 2.74 bits per heavy atom. The number of nitrogens with zero attached hydrogens (tertiary/aromatic N) is 1. The highest BCUT2D eigenvalue weighted by Crippen LogP contribution is 2.47. The molecule has 19 heavy (non-hydrogen) atoms. The van der Waals surface area contributed by atoms with Gasteiger partial charge in [-0.2, -0.15) is 0 Å². The highest BCUT2D eigenvalue weighted by Gasteiger charge is 2.36. The van der Waals surface area contributed by atoms with Crippen LogP contribution in [0.4, 0.5) is 0 Å². The molecule has 3 heteroatoms. The number of likely N-dealkylation sites (tertiary alicyclic amines) is 1. The monoisotopic (exact) mass is 261 g/mol. The first-order chi connectivity index (χ1) is 9.24. The minimum Gasteiger partial charge on any atom is -0.466 e. The van der Waals surface area contributed by atoms with Crippen molar-refractivity contribution in [2.75, 3.05) is 13.1 Å². The van der Waals surface area contributed by atoms with Gasteiger partial charge in [-0.3, -0.25) is 4.79 Å². The third-order valence-electron chi connectivity index (χ3n) is 4.45. The lowest BCUT2D eigenvalue weighted by atomic mass is 10.1. The second-order valence-corrected chi connectivity index (χ2v) is 6.07. The molecule has 0 bridgehead atoms. The van der Waals surface area contributed by atoms with E-state index in [1.807, 2.05) is 11.0 Å². The minimum absolute atomic E-state index is 0.289. The molecule has 104 valence electrons. The molecular formula is C16H23NO2. The number of aryl methyl sites for hydroxylation is 1. The third-order valence-corrected chi connectivity index (χ3v) is 4.45. The molecule has 1 saturated heterocycles. The number of amides is 1. The van der Waals surface area contributed by atoms with Crippen molar-refractivity contribution in [3.63, 3.8) is 0 Å². The Bertz CT molecular complexity index is 445. The first kappa shape index (κ1) is 12.8. The van der Waals surface area contributed by atoms with E-state index in [1.165, 1.54) is 12.8 Å². The van der Waals surface area contributed by atoms with Crippen molar-refractivity contribution in [2.45, 2.75) is 51.4 Å². The predicted octanol–water partition coefficient (Wildman–Crippen LogP) is 3.35. The summed E-state index contributed by atoms with van der Waals surface area (Å²) in [6.07, 6.45) is 6.18. The van der Waals surface area contributed by atoms with Gasteiger partial charge in [0, 0.05) is 31.8 Å². The SMILES string of the molecule is C[C@@H]1C[C@@H]1c1ccc(CCC(=O)N2CCCCC2)o1. The summed E-state index contributed by atoms with van der Waals surface area (Å²) < 4.78 is 5.84. The van der Waals surface area contributed by atoms with E-state index in [2.05, 4.69) is 13.0 Å². The Hall–Kier alpha value is -1.25. The zero-order valence-corrected chi connectivity index (χ0v) is 11.7. The quantitative estimate of drug-likeness (QED) is 0.832. The number of carbonyl (C=O) groups is 1. The summed E-state index contributed by atoms with van der Waals surface area (Å²) >= 11 is 0. The highest BCUT2D eigenvalue weighted by molar-refractivity contribution is 5.76. The fourth-order valence-corrected chi connectivity index (χ4v) is 2.98. The number of hydrogen-bond donors (Lipinski definition) is 0. The van der Waals surface area contributed by atoms with Gasteiger partial charge in [0.1, 0.15) is 11.5 Å². The Kier molecular flexibility index (Phi) is 3.63. The van der Waals surface area contributed by atoms with Crippen LogP contribution >= 0.6 is 0 Å². The van der Waals surface area contributed by atoms with Gasteiger partial charge < -0.3 is 9.32 Å². The number of carbonyl (C=O) groups excluding carboxylic acids is 1. The lowest BCUT2D eigenvalue weighted by Crippen LogP contribution is -2.35. The Morgan fingerprint density at radius 1 is 1.32 bits per heavy atom. The minimum atomic E-state index is 0.289. The summed E-state index contributed by atoms with van der Waals surface area (Å²) in [5.74, 6) is 3.78. The Balaban J connectivity index is 1.48. The maximum atomic E-state index is 12.1. The zero-order chi connectivity index (χ0) is 13.2. The van der Waals surface area contributed by atoms with E-state index in [0.29, 0.717) is 12.3 Å². The number of piperidine rings is 1. The van der Waals surface area contributed by atoms with Crippen LogP contribution < -0.4 is 0 Å². The zero-order valence-electron chi connectivity index (χ0n) is 11.7. The van der Waals surface area contributed by atoms with Gasteiger partial charge in [0.25, 0.3) is 0 Å². The van der Waals surface area contributed by atoms with E-state index in [9.17, 15) is 4.79 Å². The van der Waals surface area contributed by atoms with Gasteiger partial charge in [-0.15, -0.1) is 0 Å². The molecule has 1 saturated carbocycles. The maximum Gasteiger partial charge on any atom is 0.223 e. The van der Waals surface area contributed by atoms with Crippen molar-refractivity contribution in [3.8, 4) is 0 Å². The standard InChI is InChI=1S/C16H23NO2/c1-12-11-14(12)15-7-5-13(19-15)6-8-16(18)17-9-3-2-4-10-17/h5,7,12,14H,2-4,6,8-11H2,1H3/t12-,14+/m1/s1. The number of furan rings is 1. The highest BCUT2D eigenvalue weighted by atomic mass is 16.3. The van der Waals surface area contributed by atoms with Crippen LogP contribution in [0.1, 0.15) is 56.5 Å². The van der Waals surface area contributed by atoms with E-state index in [1.54, 1.807) is 0 Å². The molecule has 2 aliphatic rings. The van der Waals surface area contributed by atoms with Crippen LogP contribution in [0.5, 0.6) is 0 Å². The second-order valence-electron chi connectivity index (χ2n) is 6.07. The third kappa shape index (κ3) is 3.02. The Labute approximate surface area is 115 Å². The molecule has 1 aromatic rings. The number of rotatable bonds is 4. The largest absolute Gasteiger partial charge is 0.466 e. The molecule has 0 N–H and O–H groups in total. The molecule has 3 nitrogen and oxygen atoms in total. The molecule has 1 aliphatic heterocycles. The van der Waals surface area contributed by atoms with Crippen molar-refractivity contribution in [1.29, 1.82) is 0 Å². The molecule has 1 aliphatic carbocycles. The van der Waals surface area contributed by atoms with Crippen LogP contribution in [0.3, 0.4) is 0 Å². The van der Waals surface area contributed by atoms with E-state index in [4.69, 9.17) is 4.42 Å². The van der Waals surface area contributed by atoms with Gasteiger partial charge in [-0.05, 0) is 43.7 Å². The summed E-state index contributed by atoms with van der Waals surface area (Å²) in [4.78, 5) is 14.1. The van der Waals surface area contributed by atoms with E-state index < -0.39 is 0 Å². The molecule has 2 fully saturated rings. The van der Waals surface area contributed by atoms with Crippen LogP contribution in [-0.2, 0) is 11.2 Å². The fraction of sp³-hybridized carbons (Fsp3) is 0.688. The maximum absolute atomic E-state index is 12.1. The van der Waals surface area contributed by atoms with Crippen LogP contribution in [0.15, 0.2) is 16.5 Å². The average molecular weight is 261 g/mol. The van der Waals surface area contributed by atoms with Gasteiger partial charge >= 0.3 is 0 Å². The summed E-state index contributed by atoms with van der Waals surface area (Å²) in [6, 6.07) is 4.14. The molecule has 3 rings (SSSR count). The lowest BCUT2D eigenvalue weighted by Gasteiger charge is -2.26. The summed E-state index contributed by atoms with van der Waals surface area (Å²) in [6.45, 7) is 4.15. The molecule has 1 aromatic heterocycles. The lowest BCUT2D eigenvalue weighted by molar-refractivity contribution is -0.132. The van der Waals surface area contributed by atoms with Crippen LogP contribution in [0.25, 0.3) is 0 Å². The van der Waals surface area contributed by atoms with Crippen LogP contribution in [0, 0.1) is 5.92 Å². The summed E-state index contributed by atoms with van der Waals surface area (Å²) in [5.41, 5.74) is 0. The molecule has 0 radical (unpaired) electrons. The van der Waals surface area contributed by atoms with Crippen molar-refractivity contribution in [1.82, 2.24) is 4.90 Å². The summed E-state index contributed by atoms with van der Waals surface area (Å²) in [5, 5.41) is 0. The van der Waals surface area contributed by atoms with Crippen LogP contribution in [-0.4, -0.2) is 23.9 Å². The average Bonchev–Trinajstić information content (AvgIpc) is 3.00. The molecule has 0 unspecified atom stereocenters. The second kappa shape index (κ2) is 5.40. The topological polar surface area (TPSA) is 33.5 Å². The molecule has 0 spiro atoms. The summed E-state index contributed by atoms with van der Waals surface area (Å²) in [7, 11) is 0. The smallest absolute Gasteiger partial charge is 0.223 e. The Morgan fingerprint density at radius 2 is 2.05 bits per heavy atom. The predicted molar refractivity (Wildman–Crippen MR) is 74.0 cm³/mol. The van der Waals surface area contributed by atoms with Crippen molar-refractivity contribution < 1.29 is 9.21 Å².